The van der Waals surface area contributed by atoms with Crippen molar-refractivity contribution >= 4 is 12.3 Å². The summed E-state index contributed by atoms with van der Waals surface area (Å²) in [5.74, 6) is 10.3. The van der Waals surface area contributed by atoms with Crippen LogP contribution in [0.5, 0.6) is 0 Å². The Morgan fingerprint density at radius 3 is 1.43 bits per heavy atom. The molecule has 0 aromatic heterocycles. The van der Waals surface area contributed by atoms with E-state index in [-0.39, 0.29) is 52.4 Å². The molecular weight excluding hydrogens is 996 g/mol. The maximum atomic E-state index is 11.3. The molecule has 10 nitrogen and oxygen atoms in total. The van der Waals surface area contributed by atoms with E-state index in [1.165, 1.54) is 122 Å². The fourth-order valence-electron chi connectivity index (χ4n) is 19.0. The van der Waals surface area contributed by atoms with Crippen LogP contribution < -0.4 is 18.9 Å². The minimum Gasteiger partial charge on any atom is -0.870 e. The van der Waals surface area contributed by atoms with E-state index in [1.54, 1.807) is 24.4 Å². The second-order valence-corrected chi connectivity index (χ2v) is 28.3. The van der Waals surface area contributed by atoms with Crippen molar-refractivity contribution in [2.45, 2.75) is 237 Å². The molecule has 6 saturated carbocycles. The van der Waals surface area contributed by atoms with Crippen molar-refractivity contribution in [3.8, 4) is 0 Å². The summed E-state index contributed by atoms with van der Waals surface area (Å²) in [5.41, 5.74) is 5.27. The number of allylic oxidation sites excluding steroid dienone is 2. The van der Waals surface area contributed by atoms with Gasteiger partial charge in [0.05, 0.1) is 71.7 Å². The van der Waals surface area contributed by atoms with Gasteiger partial charge in [0.1, 0.15) is 6.61 Å². The number of esters is 1. The SMILES string of the molecule is C.CC(C)CCC[C@@H](C)[C@H]1CC[C@H]2[C@@H]3CC=C4C[C@@H](OCCOCCOC[C-]=O)CC[C@]4(C)[C@H]3CC[C@]12C.CCOC(=O)COCCOCCO[C@H]1CC[C@@]2(C)C(=CC[C@H]3[C@@H]4CC[C@H]([C@H](C)CCCC(C)C)[C@@]4(C)CC[C@@H]32)C1.[2HH].[Li+].[OH-]. The smallest absolute Gasteiger partial charge is 0.870 e. The average Bonchev–Trinajstić information content (AvgIpc) is 3.95. The van der Waals surface area contributed by atoms with Crippen LogP contribution in [0.1, 0.15) is 226 Å². The molecule has 0 heterocycles. The Morgan fingerprint density at radius 2 is 1.00 bits per heavy atom. The molecule has 1 N–H and O–H groups in total. The molecule has 16 atom stereocenters. The third kappa shape index (κ3) is 17.6. The largest absolute Gasteiger partial charge is 1.00 e. The van der Waals surface area contributed by atoms with Gasteiger partial charge in [-0.25, -0.2) is 11.1 Å². The van der Waals surface area contributed by atoms with Crippen LogP contribution in [0, 0.1) is 92.7 Å². The van der Waals surface area contributed by atoms with Gasteiger partial charge in [0, 0.05) is 1.43 Å². The van der Waals surface area contributed by atoms with Crippen LogP contribution in [0.15, 0.2) is 23.3 Å². The third-order valence-electron chi connectivity index (χ3n) is 23.1. The van der Waals surface area contributed by atoms with Crippen molar-refractivity contribution < 1.29 is 68.5 Å². The molecular formula is C69H122LiO10-. The zero-order valence-corrected chi connectivity index (χ0v) is 52.7. The summed E-state index contributed by atoms with van der Waals surface area (Å²) >= 11 is 0. The van der Waals surface area contributed by atoms with E-state index in [0.29, 0.717) is 93.3 Å². The van der Waals surface area contributed by atoms with Crippen LogP contribution in [0.4, 0.5) is 0 Å². The Morgan fingerprint density at radius 1 is 0.575 bits per heavy atom. The van der Waals surface area contributed by atoms with E-state index in [0.717, 1.165) is 90.3 Å². The zero-order chi connectivity index (χ0) is 55.2. The summed E-state index contributed by atoms with van der Waals surface area (Å²) in [4.78, 5) is 21.4. The van der Waals surface area contributed by atoms with Gasteiger partial charge in [-0.05, 0) is 209 Å². The van der Waals surface area contributed by atoms with Gasteiger partial charge in [-0.3, -0.25) is 0 Å². The number of fused-ring (bicyclic) bond motifs is 10. The number of carbonyl (C=O) groups is 1. The van der Waals surface area contributed by atoms with Crippen LogP contribution in [0.3, 0.4) is 0 Å². The van der Waals surface area contributed by atoms with Gasteiger partial charge in [0.15, 0.2) is 0 Å². The molecule has 0 aromatic rings. The first-order valence-electron chi connectivity index (χ1n) is 32.4. The first kappa shape index (κ1) is 71.4. The van der Waals surface area contributed by atoms with Crippen molar-refractivity contribution in [2.24, 2.45) is 92.7 Å². The number of ether oxygens (including phenoxy) is 7. The molecule has 8 rings (SSSR count). The van der Waals surface area contributed by atoms with Gasteiger partial charge in [-0.15, -0.1) is 0 Å². The summed E-state index contributed by atoms with van der Waals surface area (Å²) in [6, 6.07) is 0. The van der Waals surface area contributed by atoms with Crippen LogP contribution >= 0.6 is 0 Å². The molecule has 0 unspecified atom stereocenters. The van der Waals surface area contributed by atoms with Crippen molar-refractivity contribution in [3.05, 3.63) is 23.3 Å². The van der Waals surface area contributed by atoms with Gasteiger partial charge in [-0.2, -0.15) is 0 Å². The van der Waals surface area contributed by atoms with Crippen molar-refractivity contribution in [1.29, 1.82) is 0 Å². The van der Waals surface area contributed by atoms with Crippen molar-refractivity contribution in [2.75, 3.05) is 72.7 Å². The molecule has 8 aliphatic carbocycles. The Labute approximate surface area is 504 Å². The minimum absolute atomic E-state index is 0. The van der Waals surface area contributed by atoms with Crippen LogP contribution in [-0.4, -0.2) is 103 Å². The van der Waals surface area contributed by atoms with E-state index < -0.39 is 0 Å². The van der Waals surface area contributed by atoms with E-state index in [1.807, 2.05) is 0 Å². The van der Waals surface area contributed by atoms with E-state index >= 15 is 0 Å². The van der Waals surface area contributed by atoms with Crippen molar-refractivity contribution in [3.63, 3.8) is 0 Å². The van der Waals surface area contributed by atoms with E-state index in [9.17, 15) is 9.59 Å². The molecule has 0 aliphatic heterocycles. The van der Waals surface area contributed by atoms with E-state index in [2.05, 4.69) is 81.4 Å². The summed E-state index contributed by atoms with van der Waals surface area (Å²) < 4.78 is 39.0. The molecule has 0 aromatic carbocycles. The first-order valence-corrected chi connectivity index (χ1v) is 32.4. The van der Waals surface area contributed by atoms with Gasteiger partial charge in [0.25, 0.3) is 0 Å². The van der Waals surface area contributed by atoms with Gasteiger partial charge in [0.2, 0.25) is 0 Å². The Balaban J connectivity index is 0.000000406. The molecule has 0 radical (unpaired) electrons. The Hall–Kier alpha value is -1.06. The molecule has 11 heteroatoms. The van der Waals surface area contributed by atoms with Crippen molar-refractivity contribution in [1.82, 2.24) is 0 Å². The summed E-state index contributed by atoms with van der Waals surface area (Å²) in [5, 5.41) is 0. The monoisotopic (exact) mass is 1120 g/mol. The number of carbonyl (C=O) groups excluding carboxylic acids is 2. The molecule has 460 valence electrons. The molecule has 8 aliphatic rings. The molecule has 0 saturated heterocycles. The predicted octanol–water partition coefficient (Wildman–Crippen LogP) is 13.3. The topological polar surface area (TPSA) is 129 Å². The maximum Gasteiger partial charge on any atom is 1.00 e. The molecule has 80 heavy (non-hydrogen) atoms. The molecule has 0 amide bonds. The number of rotatable bonds is 29. The average molecular weight is 1120 g/mol. The summed E-state index contributed by atoms with van der Waals surface area (Å²) in [7, 11) is 0. The Bertz CT molecular complexity index is 1880. The number of hydrogen-bond donors (Lipinski definition) is 0. The fraction of sp³-hybridized carbons (Fsp3) is 0.913. The quantitative estimate of drug-likeness (QED) is 0.0235. The van der Waals surface area contributed by atoms with Gasteiger partial charge >= 0.3 is 24.8 Å². The maximum absolute atomic E-state index is 11.3. The number of hydrogen-bond acceptors (Lipinski definition) is 10. The third-order valence-corrected chi connectivity index (χ3v) is 23.1. The van der Waals surface area contributed by atoms with E-state index in [4.69, 9.17) is 33.2 Å². The standard InChI is InChI=1S/C35H60O5.C33H55O4.CH4.Li.H2O.H2/c1-7-39-33(36)24-38-20-19-37-21-22-40-28-15-17-34(5)27(23-28)11-12-29-31-14-13-30(26(4)10-8-9-25(2)3)35(31,6)18-16-32(29)34;1-24(2)7-6-8-25(3)29-11-12-30-28-10-9-26-23-27(37-22-21-36-20-19-35-18-17-34)13-15-32(26,4)31(28)14-16-33(29,30)5;;;;/h11,25-26,28-32H,7-10,12-24H2,1-6H3;9,24-25,27-31H,6-8,10-16,18-23H2,1-5H3;1H4;;1H2;1H/q;-1;;+1;;/p-1/t26-,28+,29+,30-,31+,32+,34+,35-;25-,27+,28+,29-,30+,31+,32+,33-;;;;/m11..../s1/i;;;;;1+1. The summed E-state index contributed by atoms with van der Waals surface area (Å²) in [6.07, 6.45) is 37.5. The van der Waals surface area contributed by atoms with Crippen LogP contribution in [0.2, 0.25) is 0 Å². The van der Waals surface area contributed by atoms with Crippen LogP contribution in [-0.2, 0) is 42.7 Å². The van der Waals surface area contributed by atoms with Gasteiger partial charge < -0.3 is 43.4 Å². The van der Waals surface area contributed by atoms with Crippen LogP contribution in [0.25, 0.3) is 0 Å². The molecule has 0 bridgehead atoms. The summed E-state index contributed by atoms with van der Waals surface area (Å²) in [6.45, 7) is 31.7. The minimum atomic E-state index is -0.324. The second-order valence-electron chi connectivity index (χ2n) is 28.3. The van der Waals surface area contributed by atoms with Gasteiger partial charge in [-0.1, -0.05) is 138 Å². The zero-order valence-electron chi connectivity index (χ0n) is 52.7. The Kier molecular flexibility index (Phi) is 30.1. The predicted molar refractivity (Wildman–Crippen MR) is 322 cm³/mol. The first-order chi connectivity index (χ1) is 37.0. The second kappa shape index (κ2) is 33.7. The normalized spacial score (nSPS) is 35.6. The molecule has 0 spiro atoms. The molecule has 6 fully saturated rings. The fourth-order valence-corrected chi connectivity index (χ4v) is 19.0.